The fraction of sp³-hybridized carbons (Fsp3) is 0. The normalized spacial score (nSPS) is 10.2. The summed E-state index contributed by atoms with van der Waals surface area (Å²) < 4.78 is 0. The van der Waals surface area contributed by atoms with Crippen LogP contribution in [0.3, 0.4) is 0 Å². The van der Waals surface area contributed by atoms with Crippen LogP contribution in [0.15, 0.2) is 36.4 Å². The molecule has 0 saturated heterocycles. The highest BCUT2D eigenvalue weighted by Crippen LogP contribution is 2.28. The molecule has 0 aromatic heterocycles. The molecule has 0 amide bonds. The van der Waals surface area contributed by atoms with Crippen molar-refractivity contribution in [3.63, 3.8) is 0 Å². The first-order chi connectivity index (χ1) is 9.86. The SMILES string of the molecule is O=C(O)c1ccc(Nc2cc(Cl)cc(Cl)c2)cc1[N+](=O)[O-]. The van der Waals surface area contributed by atoms with Gasteiger partial charge in [-0.1, -0.05) is 23.2 Å². The lowest BCUT2D eigenvalue weighted by Crippen LogP contribution is -2.03. The van der Waals surface area contributed by atoms with Crippen LogP contribution in [0.4, 0.5) is 17.1 Å². The number of nitro groups is 1. The second-order valence-corrected chi connectivity index (χ2v) is 4.95. The Hall–Kier alpha value is -2.31. The Morgan fingerprint density at radius 3 is 2.24 bits per heavy atom. The number of carboxylic acid groups (broad SMARTS) is 1. The molecule has 2 aromatic rings. The fourth-order valence-corrected chi connectivity index (χ4v) is 2.26. The highest BCUT2D eigenvalue weighted by molar-refractivity contribution is 6.35. The van der Waals surface area contributed by atoms with Gasteiger partial charge in [-0.15, -0.1) is 0 Å². The summed E-state index contributed by atoms with van der Waals surface area (Å²) in [6, 6.07) is 8.44. The topological polar surface area (TPSA) is 92.5 Å². The number of carbonyl (C=O) groups is 1. The van der Waals surface area contributed by atoms with Crippen molar-refractivity contribution < 1.29 is 14.8 Å². The van der Waals surface area contributed by atoms with Crippen molar-refractivity contribution in [1.29, 1.82) is 0 Å². The Bertz CT molecular complexity index is 714. The first-order valence-corrected chi connectivity index (χ1v) is 6.37. The van der Waals surface area contributed by atoms with E-state index < -0.39 is 16.6 Å². The minimum atomic E-state index is -1.36. The molecule has 0 aliphatic heterocycles. The molecule has 0 aliphatic carbocycles. The molecule has 8 heteroatoms. The van der Waals surface area contributed by atoms with Crippen LogP contribution in [-0.4, -0.2) is 16.0 Å². The summed E-state index contributed by atoms with van der Waals surface area (Å²) in [7, 11) is 0. The van der Waals surface area contributed by atoms with Gasteiger partial charge >= 0.3 is 5.97 Å². The van der Waals surface area contributed by atoms with Gasteiger partial charge in [0.1, 0.15) is 5.56 Å². The zero-order valence-electron chi connectivity index (χ0n) is 10.3. The Morgan fingerprint density at radius 2 is 1.71 bits per heavy atom. The zero-order chi connectivity index (χ0) is 15.6. The summed E-state index contributed by atoms with van der Waals surface area (Å²) in [5, 5.41) is 23.5. The second kappa shape index (κ2) is 5.99. The summed E-state index contributed by atoms with van der Waals surface area (Å²) >= 11 is 11.7. The second-order valence-electron chi connectivity index (χ2n) is 4.08. The Balaban J connectivity index is 2.39. The van der Waals surface area contributed by atoms with Gasteiger partial charge in [0.15, 0.2) is 0 Å². The Labute approximate surface area is 129 Å². The molecule has 0 bridgehead atoms. The molecule has 0 saturated carbocycles. The van der Waals surface area contributed by atoms with Crippen LogP contribution in [0.25, 0.3) is 0 Å². The average Bonchev–Trinajstić information content (AvgIpc) is 2.36. The molecule has 108 valence electrons. The number of nitrogens with zero attached hydrogens (tertiary/aromatic N) is 1. The van der Waals surface area contributed by atoms with E-state index in [1.807, 2.05) is 0 Å². The molecule has 0 heterocycles. The van der Waals surface area contributed by atoms with Crippen molar-refractivity contribution in [2.45, 2.75) is 0 Å². The van der Waals surface area contributed by atoms with E-state index in [0.29, 0.717) is 21.4 Å². The van der Waals surface area contributed by atoms with Gasteiger partial charge in [-0.05, 0) is 30.3 Å². The van der Waals surface area contributed by atoms with Crippen molar-refractivity contribution in [2.75, 3.05) is 5.32 Å². The molecule has 0 unspecified atom stereocenters. The lowest BCUT2D eigenvalue weighted by atomic mass is 10.1. The largest absolute Gasteiger partial charge is 0.477 e. The summed E-state index contributed by atoms with van der Waals surface area (Å²) in [5.41, 5.74) is 0.00482. The maximum absolute atomic E-state index is 10.9. The number of nitrogens with one attached hydrogen (secondary N) is 1. The lowest BCUT2D eigenvalue weighted by molar-refractivity contribution is -0.385. The highest BCUT2D eigenvalue weighted by Gasteiger charge is 2.20. The first kappa shape index (κ1) is 15.1. The maximum atomic E-state index is 10.9. The molecule has 0 spiro atoms. The van der Waals surface area contributed by atoms with Crippen LogP contribution in [0, 0.1) is 10.1 Å². The predicted octanol–water partition coefficient (Wildman–Crippen LogP) is 4.34. The van der Waals surface area contributed by atoms with Gasteiger partial charge in [-0.3, -0.25) is 10.1 Å². The third-order valence-corrected chi connectivity index (χ3v) is 3.01. The number of benzene rings is 2. The summed E-state index contributed by atoms with van der Waals surface area (Å²) in [6.45, 7) is 0. The number of rotatable bonds is 4. The molecule has 21 heavy (non-hydrogen) atoms. The van der Waals surface area contributed by atoms with E-state index in [1.54, 1.807) is 18.2 Å². The molecule has 0 atom stereocenters. The van der Waals surface area contributed by atoms with Crippen LogP contribution >= 0.6 is 23.2 Å². The molecule has 0 aliphatic rings. The third-order valence-electron chi connectivity index (χ3n) is 2.58. The number of aromatic carboxylic acids is 1. The van der Waals surface area contributed by atoms with Crippen LogP contribution in [0.1, 0.15) is 10.4 Å². The van der Waals surface area contributed by atoms with E-state index in [1.165, 1.54) is 6.07 Å². The highest BCUT2D eigenvalue weighted by atomic mass is 35.5. The van der Waals surface area contributed by atoms with Gasteiger partial charge in [0.2, 0.25) is 0 Å². The van der Waals surface area contributed by atoms with Crippen LogP contribution in [-0.2, 0) is 0 Å². The third kappa shape index (κ3) is 3.62. The van der Waals surface area contributed by atoms with Crippen molar-refractivity contribution in [2.24, 2.45) is 0 Å². The van der Waals surface area contributed by atoms with Gasteiger partial charge < -0.3 is 10.4 Å². The molecular formula is C13H8Cl2N2O4. The molecule has 0 fully saturated rings. The van der Waals surface area contributed by atoms with Gasteiger partial charge in [0.25, 0.3) is 5.69 Å². The molecular weight excluding hydrogens is 319 g/mol. The van der Waals surface area contributed by atoms with E-state index in [4.69, 9.17) is 28.3 Å². The minimum absolute atomic E-state index is 0.352. The smallest absolute Gasteiger partial charge is 0.342 e. The van der Waals surface area contributed by atoms with Crippen molar-refractivity contribution >= 4 is 46.2 Å². The molecule has 2 rings (SSSR count). The molecule has 2 N–H and O–H groups in total. The van der Waals surface area contributed by atoms with E-state index in [9.17, 15) is 14.9 Å². The molecule has 0 radical (unpaired) electrons. The van der Waals surface area contributed by atoms with E-state index in [0.717, 1.165) is 12.1 Å². The standard InChI is InChI=1S/C13H8Cl2N2O4/c14-7-3-8(15)5-10(4-7)16-9-1-2-11(13(18)19)12(6-9)17(20)21/h1-6,16H,(H,18,19). The maximum Gasteiger partial charge on any atom is 0.342 e. The van der Waals surface area contributed by atoms with Crippen LogP contribution < -0.4 is 5.32 Å². The number of anilines is 2. The fourth-order valence-electron chi connectivity index (χ4n) is 1.73. The monoisotopic (exact) mass is 326 g/mol. The Kier molecular flexibility index (Phi) is 4.30. The van der Waals surface area contributed by atoms with Crippen molar-refractivity contribution in [3.8, 4) is 0 Å². The van der Waals surface area contributed by atoms with Gasteiger partial charge in [0, 0.05) is 27.5 Å². The Morgan fingerprint density at radius 1 is 1.10 bits per heavy atom. The number of carboxylic acids is 1. The van der Waals surface area contributed by atoms with E-state index in [-0.39, 0.29) is 5.56 Å². The van der Waals surface area contributed by atoms with Crippen molar-refractivity contribution in [1.82, 2.24) is 0 Å². The minimum Gasteiger partial charge on any atom is -0.477 e. The summed E-state index contributed by atoms with van der Waals surface area (Å²) in [4.78, 5) is 21.1. The molecule has 6 nitrogen and oxygen atoms in total. The number of nitro benzene ring substituents is 1. The summed E-state index contributed by atoms with van der Waals surface area (Å²) in [5.74, 6) is -1.36. The predicted molar refractivity (Wildman–Crippen MR) is 79.8 cm³/mol. The number of hydrogen-bond acceptors (Lipinski definition) is 4. The van der Waals surface area contributed by atoms with Gasteiger partial charge in [-0.2, -0.15) is 0 Å². The van der Waals surface area contributed by atoms with Crippen molar-refractivity contribution in [3.05, 3.63) is 62.1 Å². The van der Waals surface area contributed by atoms with Crippen LogP contribution in [0.2, 0.25) is 10.0 Å². The summed E-state index contributed by atoms with van der Waals surface area (Å²) in [6.07, 6.45) is 0. The number of halogens is 2. The average molecular weight is 327 g/mol. The van der Waals surface area contributed by atoms with Gasteiger partial charge in [0.05, 0.1) is 4.92 Å². The van der Waals surface area contributed by atoms with E-state index >= 15 is 0 Å². The molecule has 2 aromatic carbocycles. The van der Waals surface area contributed by atoms with Crippen LogP contribution in [0.5, 0.6) is 0 Å². The zero-order valence-corrected chi connectivity index (χ0v) is 11.9. The van der Waals surface area contributed by atoms with Gasteiger partial charge in [-0.25, -0.2) is 4.79 Å². The lowest BCUT2D eigenvalue weighted by Gasteiger charge is -2.08. The van der Waals surface area contributed by atoms with E-state index in [2.05, 4.69) is 5.32 Å². The quantitative estimate of drug-likeness (QED) is 0.643. The number of hydrogen-bond donors (Lipinski definition) is 2. The first-order valence-electron chi connectivity index (χ1n) is 5.61.